The van der Waals surface area contributed by atoms with Gasteiger partial charge < -0.3 is 15.8 Å². The van der Waals surface area contributed by atoms with E-state index in [1.165, 1.54) is 0 Å². The monoisotopic (exact) mass is 264 g/mol. The Morgan fingerprint density at radius 1 is 1.37 bits per heavy atom. The van der Waals surface area contributed by atoms with Crippen molar-refractivity contribution in [3.8, 4) is 5.75 Å². The van der Waals surface area contributed by atoms with E-state index >= 15 is 0 Å². The third kappa shape index (κ3) is 5.75. The zero-order chi connectivity index (χ0) is 14.3. The highest BCUT2D eigenvalue weighted by Gasteiger charge is 2.09. The molecule has 1 rings (SSSR count). The van der Waals surface area contributed by atoms with Crippen molar-refractivity contribution >= 4 is 5.91 Å². The van der Waals surface area contributed by atoms with E-state index in [1.807, 2.05) is 26.0 Å². The Labute approximate surface area is 115 Å². The lowest BCUT2D eigenvalue weighted by atomic mass is 10.1. The number of nitrogens with one attached hydrogen (secondary N) is 1. The number of carbonyl (C=O) groups is 1. The van der Waals surface area contributed by atoms with E-state index in [-0.39, 0.29) is 12.0 Å². The quantitative estimate of drug-likeness (QED) is 0.793. The maximum absolute atomic E-state index is 12.0. The molecule has 0 aromatic heterocycles. The van der Waals surface area contributed by atoms with Gasteiger partial charge in [-0.15, -0.1) is 0 Å². The van der Waals surface area contributed by atoms with Gasteiger partial charge in [-0.25, -0.2) is 0 Å². The number of amides is 1. The summed E-state index contributed by atoms with van der Waals surface area (Å²) >= 11 is 0. The fourth-order valence-electron chi connectivity index (χ4n) is 1.74. The molecular weight excluding hydrogens is 240 g/mol. The molecule has 1 amide bonds. The first-order chi connectivity index (χ1) is 9.02. The summed E-state index contributed by atoms with van der Waals surface area (Å²) in [6.07, 6.45) is 1.01. The lowest BCUT2D eigenvalue weighted by Gasteiger charge is -2.13. The van der Waals surface area contributed by atoms with Crippen molar-refractivity contribution in [3.63, 3.8) is 0 Å². The van der Waals surface area contributed by atoms with E-state index < -0.39 is 0 Å². The highest BCUT2D eigenvalue weighted by atomic mass is 16.5. The van der Waals surface area contributed by atoms with E-state index in [9.17, 15) is 4.79 Å². The average molecular weight is 264 g/mol. The van der Waals surface area contributed by atoms with Crippen molar-refractivity contribution in [2.45, 2.75) is 33.3 Å². The minimum atomic E-state index is -0.0712. The Hall–Kier alpha value is -1.55. The van der Waals surface area contributed by atoms with Gasteiger partial charge >= 0.3 is 0 Å². The summed E-state index contributed by atoms with van der Waals surface area (Å²) in [5.41, 5.74) is 6.11. The van der Waals surface area contributed by atoms with Crippen LogP contribution in [0.4, 0.5) is 0 Å². The maximum Gasteiger partial charge on any atom is 0.251 e. The molecule has 1 atom stereocenters. The van der Waals surface area contributed by atoms with Crippen molar-refractivity contribution < 1.29 is 9.53 Å². The number of benzene rings is 1. The Morgan fingerprint density at radius 3 is 2.74 bits per heavy atom. The molecule has 3 N–H and O–H groups in total. The van der Waals surface area contributed by atoms with Gasteiger partial charge in [0, 0.05) is 12.1 Å². The van der Waals surface area contributed by atoms with E-state index in [0.717, 1.165) is 12.2 Å². The summed E-state index contributed by atoms with van der Waals surface area (Å²) < 4.78 is 5.57. The van der Waals surface area contributed by atoms with Crippen LogP contribution in [0.3, 0.4) is 0 Å². The summed E-state index contributed by atoms with van der Waals surface area (Å²) in [4.78, 5) is 12.0. The lowest BCUT2D eigenvalue weighted by molar-refractivity contribution is 0.0947. The Bertz CT molecular complexity index is 405. The predicted octanol–water partition coefficient (Wildman–Crippen LogP) is 2.19. The van der Waals surface area contributed by atoms with Gasteiger partial charge in [-0.05, 0) is 50.9 Å². The zero-order valence-corrected chi connectivity index (χ0v) is 12.0. The van der Waals surface area contributed by atoms with Crippen molar-refractivity contribution in [2.75, 3.05) is 13.1 Å². The molecule has 0 saturated heterocycles. The van der Waals surface area contributed by atoms with Crippen LogP contribution in [0, 0.1) is 5.92 Å². The number of carbonyl (C=O) groups excluding carboxylic acids is 1. The molecular formula is C15H24N2O2. The summed E-state index contributed by atoms with van der Waals surface area (Å²) in [5.74, 6) is 1.04. The van der Waals surface area contributed by atoms with Crippen LogP contribution >= 0.6 is 0 Å². The van der Waals surface area contributed by atoms with Crippen LogP contribution < -0.4 is 15.8 Å². The molecule has 0 aliphatic carbocycles. The van der Waals surface area contributed by atoms with E-state index in [1.54, 1.807) is 12.1 Å². The molecule has 19 heavy (non-hydrogen) atoms. The van der Waals surface area contributed by atoms with E-state index in [2.05, 4.69) is 12.2 Å². The van der Waals surface area contributed by atoms with Gasteiger partial charge in [0.05, 0.1) is 6.10 Å². The fourth-order valence-corrected chi connectivity index (χ4v) is 1.74. The van der Waals surface area contributed by atoms with Crippen LogP contribution in [0.25, 0.3) is 0 Å². The van der Waals surface area contributed by atoms with Crippen LogP contribution in [0.15, 0.2) is 24.3 Å². The molecule has 0 bridgehead atoms. The fraction of sp³-hybridized carbons (Fsp3) is 0.533. The average Bonchev–Trinajstić information content (AvgIpc) is 2.36. The molecule has 4 heteroatoms. The van der Waals surface area contributed by atoms with Crippen LogP contribution in [0.5, 0.6) is 5.75 Å². The molecule has 106 valence electrons. The van der Waals surface area contributed by atoms with Gasteiger partial charge in [0.1, 0.15) is 5.75 Å². The number of hydrogen-bond acceptors (Lipinski definition) is 3. The molecule has 0 spiro atoms. The summed E-state index contributed by atoms with van der Waals surface area (Å²) in [6.45, 7) is 7.29. The standard InChI is InChI=1S/C15H24N2O2/c1-11(2)19-14-6-4-5-13(9-14)15(18)17-10-12(3)7-8-16/h4-6,9,11-12H,7-8,10,16H2,1-3H3,(H,17,18). The number of hydrogen-bond donors (Lipinski definition) is 2. The van der Waals surface area contributed by atoms with Crippen molar-refractivity contribution in [1.82, 2.24) is 5.32 Å². The van der Waals surface area contributed by atoms with E-state index in [0.29, 0.717) is 24.6 Å². The SMILES string of the molecule is CC(CCN)CNC(=O)c1cccc(OC(C)C)c1. The van der Waals surface area contributed by atoms with Gasteiger partial charge in [0.15, 0.2) is 0 Å². The second-order valence-electron chi connectivity index (χ2n) is 5.09. The molecule has 0 radical (unpaired) electrons. The normalized spacial score (nSPS) is 12.3. The minimum absolute atomic E-state index is 0.0712. The molecule has 0 saturated carbocycles. The second-order valence-corrected chi connectivity index (χ2v) is 5.09. The molecule has 1 aromatic rings. The Balaban J connectivity index is 2.56. The summed E-state index contributed by atoms with van der Waals surface area (Å²) in [5, 5.41) is 2.91. The first-order valence-corrected chi connectivity index (χ1v) is 6.78. The molecule has 1 aromatic carbocycles. The first kappa shape index (κ1) is 15.5. The second kappa shape index (κ2) is 7.79. The molecule has 0 heterocycles. The van der Waals surface area contributed by atoms with Crippen LogP contribution in [-0.2, 0) is 0 Å². The highest BCUT2D eigenvalue weighted by Crippen LogP contribution is 2.15. The molecule has 0 aliphatic heterocycles. The molecule has 4 nitrogen and oxygen atoms in total. The molecule has 1 unspecified atom stereocenters. The molecule has 0 aliphatic rings. The van der Waals surface area contributed by atoms with Crippen LogP contribution in [-0.4, -0.2) is 25.1 Å². The van der Waals surface area contributed by atoms with E-state index in [4.69, 9.17) is 10.5 Å². The third-order valence-corrected chi connectivity index (χ3v) is 2.74. The minimum Gasteiger partial charge on any atom is -0.491 e. The van der Waals surface area contributed by atoms with Crippen molar-refractivity contribution in [3.05, 3.63) is 29.8 Å². The Morgan fingerprint density at radius 2 is 2.11 bits per heavy atom. The van der Waals surface area contributed by atoms with Gasteiger partial charge in [0.25, 0.3) is 5.91 Å². The predicted molar refractivity (Wildman–Crippen MR) is 77.4 cm³/mol. The number of nitrogens with two attached hydrogens (primary N) is 1. The number of rotatable bonds is 7. The molecule has 0 fully saturated rings. The van der Waals surface area contributed by atoms with Crippen LogP contribution in [0.2, 0.25) is 0 Å². The van der Waals surface area contributed by atoms with Gasteiger partial charge in [-0.1, -0.05) is 13.0 Å². The zero-order valence-electron chi connectivity index (χ0n) is 12.0. The number of ether oxygens (including phenoxy) is 1. The van der Waals surface area contributed by atoms with Gasteiger partial charge in [0.2, 0.25) is 0 Å². The largest absolute Gasteiger partial charge is 0.491 e. The van der Waals surface area contributed by atoms with Gasteiger partial charge in [-0.2, -0.15) is 0 Å². The topological polar surface area (TPSA) is 64.3 Å². The Kier molecular flexibility index (Phi) is 6.36. The highest BCUT2D eigenvalue weighted by molar-refractivity contribution is 5.94. The summed E-state index contributed by atoms with van der Waals surface area (Å²) in [6, 6.07) is 7.24. The smallest absolute Gasteiger partial charge is 0.251 e. The van der Waals surface area contributed by atoms with Crippen LogP contribution in [0.1, 0.15) is 37.6 Å². The summed E-state index contributed by atoms with van der Waals surface area (Å²) in [7, 11) is 0. The van der Waals surface area contributed by atoms with Gasteiger partial charge in [-0.3, -0.25) is 4.79 Å². The maximum atomic E-state index is 12.0. The first-order valence-electron chi connectivity index (χ1n) is 6.78. The lowest BCUT2D eigenvalue weighted by Crippen LogP contribution is -2.29. The third-order valence-electron chi connectivity index (χ3n) is 2.74. The van der Waals surface area contributed by atoms with Crippen molar-refractivity contribution in [2.24, 2.45) is 11.7 Å². The van der Waals surface area contributed by atoms with Crippen molar-refractivity contribution in [1.29, 1.82) is 0 Å².